The van der Waals surface area contributed by atoms with Crippen LogP contribution in [0.25, 0.3) is 0 Å². The van der Waals surface area contributed by atoms with Crippen LogP contribution in [0.2, 0.25) is 5.02 Å². The number of benzene rings is 1. The van der Waals surface area contributed by atoms with Crippen molar-refractivity contribution in [3.8, 4) is 0 Å². The number of carbonyl (C=O) groups excluding carboxylic acids is 1. The van der Waals surface area contributed by atoms with Gasteiger partial charge in [0, 0.05) is 16.5 Å². The third-order valence-corrected chi connectivity index (χ3v) is 3.59. The molecule has 1 nitrogen and oxygen atoms in total. The Kier molecular flexibility index (Phi) is 5.70. The van der Waals surface area contributed by atoms with Gasteiger partial charge >= 0.3 is 0 Å². The molecule has 0 bridgehead atoms. The minimum atomic E-state index is 0.155. The monoisotopic (exact) mass is 252 g/mol. The van der Waals surface area contributed by atoms with E-state index in [-0.39, 0.29) is 11.7 Å². The van der Waals surface area contributed by atoms with Crippen LogP contribution >= 0.6 is 11.6 Å². The lowest BCUT2D eigenvalue weighted by molar-refractivity contribution is 0.0904. The van der Waals surface area contributed by atoms with E-state index in [9.17, 15) is 4.79 Å². The molecule has 2 heteroatoms. The summed E-state index contributed by atoms with van der Waals surface area (Å²) in [4.78, 5) is 12.4. The summed E-state index contributed by atoms with van der Waals surface area (Å²) in [6.07, 6.45) is 4.04. The fourth-order valence-electron chi connectivity index (χ4n) is 2.20. The fraction of sp³-hybridized carbons (Fsp3) is 0.533. The molecule has 94 valence electrons. The van der Waals surface area contributed by atoms with Crippen molar-refractivity contribution in [3.05, 3.63) is 34.3 Å². The van der Waals surface area contributed by atoms with Gasteiger partial charge in [-0.1, -0.05) is 50.4 Å². The van der Waals surface area contributed by atoms with E-state index in [0.29, 0.717) is 5.02 Å². The molecular weight excluding hydrogens is 232 g/mol. The second kappa shape index (κ2) is 6.80. The quantitative estimate of drug-likeness (QED) is 0.648. The number of halogens is 1. The topological polar surface area (TPSA) is 17.1 Å². The second-order valence-electron chi connectivity index (χ2n) is 4.55. The third-order valence-electron chi connectivity index (χ3n) is 3.18. The van der Waals surface area contributed by atoms with E-state index in [1.165, 1.54) is 0 Å². The van der Waals surface area contributed by atoms with Gasteiger partial charge in [0.05, 0.1) is 0 Å². The molecule has 0 N–H and O–H groups in total. The Morgan fingerprint density at radius 2 is 1.82 bits per heavy atom. The minimum absolute atomic E-state index is 0.155. The third kappa shape index (κ3) is 3.57. The average molecular weight is 253 g/mol. The maximum absolute atomic E-state index is 12.4. The molecular formula is C15H21ClO. The summed E-state index contributed by atoms with van der Waals surface area (Å²) in [5, 5.41) is 0.683. The summed E-state index contributed by atoms with van der Waals surface area (Å²) in [5.41, 5.74) is 1.71. The molecule has 0 saturated heterocycles. The Labute approximate surface area is 109 Å². The summed E-state index contributed by atoms with van der Waals surface area (Å²) >= 11 is 6.06. The van der Waals surface area contributed by atoms with Crippen LogP contribution in [0, 0.1) is 12.8 Å². The molecule has 0 heterocycles. The molecule has 1 rings (SSSR count). The van der Waals surface area contributed by atoms with Gasteiger partial charge in [-0.3, -0.25) is 4.79 Å². The van der Waals surface area contributed by atoms with Gasteiger partial charge in [-0.25, -0.2) is 0 Å². The Hall–Kier alpha value is -0.820. The molecule has 0 aliphatic heterocycles. The highest BCUT2D eigenvalue weighted by Gasteiger charge is 2.20. The molecule has 0 aliphatic rings. The SMILES string of the molecule is CCCC(CCC)C(=O)c1cccc(Cl)c1C. The molecule has 0 aliphatic carbocycles. The van der Waals surface area contributed by atoms with E-state index in [0.717, 1.165) is 36.8 Å². The minimum Gasteiger partial charge on any atom is -0.294 e. The molecule has 1 aromatic rings. The van der Waals surface area contributed by atoms with E-state index in [2.05, 4.69) is 13.8 Å². The number of Topliss-reactive ketones (excluding diaryl/α,β-unsaturated/α-hetero) is 1. The number of carbonyl (C=O) groups is 1. The average Bonchev–Trinajstić information content (AvgIpc) is 2.31. The second-order valence-corrected chi connectivity index (χ2v) is 4.96. The summed E-state index contributed by atoms with van der Waals surface area (Å²) in [6, 6.07) is 5.59. The van der Waals surface area contributed by atoms with E-state index < -0.39 is 0 Å². The number of ketones is 1. The van der Waals surface area contributed by atoms with Crippen LogP contribution in [0.15, 0.2) is 18.2 Å². The molecule has 17 heavy (non-hydrogen) atoms. The van der Waals surface area contributed by atoms with Gasteiger partial charge in [-0.2, -0.15) is 0 Å². The van der Waals surface area contributed by atoms with Gasteiger partial charge in [0.25, 0.3) is 0 Å². The Morgan fingerprint density at radius 3 is 2.35 bits per heavy atom. The maximum atomic E-state index is 12.4. The fourth-order valence-corrected chi connectivity index (χ4v) is 2.37. The Morgan fingerprint density at radius 1 is 1.24 bits per heavy atom. The smallest absolute Gasteiger partial charge is 0.166 e. The first kappa shape index (κ1) is 14.2. The Bertz CT molecular complexity index is 379. The number of rotatable bonds is 6. The summed E-state index contributed by atoms with van der Waals surface area (Å²) in [5.74, 6) is 0.413. The van der Waals surface area contributed by atoms with Gasteiger partial charge < -0.3 is 0 Å². The highest BCUT2D eigenvalue weighted by molar-refractivity contribution is 6.31. The van der Waals surface area contributed by atoms with Crippen molar-refractivity contribution in [2.45, 2.75) is 46.5 Å². The zero-order valence-electron chi connectivity index (χ0n) is 10.9. The van der Waals surface area contributed by atoms with Crippen LogP contribution in [0.3, 0.4) is 0 Å². The van der Waals surface area contributed by atoms with E-state index in [1.807, 2.05) is 25.1 Å². The van der Waals surface area contributed by atoms with Gasteiger partial charge in [-0.05, 0) is 31.4 Å². The van der Waals surface area contributed by atoms with Crippen molar-refractivity contribution >= 4 is 17.4 Å². The lowest BCUT2D eigenvalue weighted by atomic mass is 9.88. The lowest BCUT2D eigenvalue weighted by Crippen LogP contribution is -2.15. The summed E-state index contributed by atoms with van der Waals surface area (Å²) in [6.45, 7) is 6.17. The zero-order chi connectivity index (χ0) is 12.8. The van der Waals surface area contributed by atoms with E-state index in [4.69, 9.17) is 11.6 Å². The van der Waals surface area contributed by atoms with Crippen LogP contribution in [0.5, 0.6) is 0 Å². The van der Waals surface area contributed by atoms with Crippen molar-refractivity contribution in [2.75, 3.05) is 0 Å². The van der Waals surface area contributed by atoms with Crippen LogP contribution in [0.1, 0.15) is 55.5 Å². The highest BCUT2D eigenvalue weighted by atomic mass is 35.5. The molecule has 1 aromatic carbocycles. The van der Waals surface area contributed by atoms with Crippen molar-refractivity contribution in [1.29, 1.82) is 0 Å². The molecule has 0 unspecified atom stereocenters. The van der Waals surface area contributed by atoms with Gasteiger partial charge in [0.15, 0.2) is 5.78 Å². The zero-order valence-corrected chi connectivity index (χ0v) is 11.7. The highest BCUT2D eigenvalue weighted by Crippen LogP contribution is 2.25. The lowest BCUT2D eigenvalue weighted by Gasteiger charge is -2.15. The number of hydrogen-bond donors (Lipinski definition) is 0. The van der Waals surface area contributed by atoms with Crippen LogP contribution in [0.4, 0.5) is 0 Å². The first-order chi connectivity index (χ1) is 8.11. The molecule has 0 radical (unpaired) electrons. The molecule has 0 aromatic heterocycles. The van der Waals surface area contributed by atoms with E-state index >= 15 is 0 Å². The van der Waals surface area contributed by atoms with Gasteiger partial charge in [0.1, 0.15) is 0 Å². The maximum Gasteiger partial charge on any atom is 0.166 e. The van der Waals surface area contributed by atoms with Gasteiger partial charge in [0.2, 0.25) is 0 Å². The van der Waals surface area contributed by atoms with Crippen molar-refractivity contribution in [3.63, 3.8) is 0 Å². The van der Waals surface area contributed by atoms with Crippen LogP contribution in [-0.2, 0) is 0 Å². The van der Waals surface area contributed by atoms with Crippen LogP contribution < -0.4 is 0 Å². The Balaban J connectivity index is 2.96. The normalized spacial score (nSPS) is 10.9. The molecule has 0 spiro atoms. The summed E-state index contributed by atoms with van der Waals surface area (Å²) < 4.78 is 0. The first-order valence-electron chi connectivity index (χ1n) is 6.41. The van der Waals surface area contributed by atoms with Crippen LogP contribution in [-0.4, -0.2) is 5.78 Å². The summed E-state index contributed by atoms with van der Waals surface area (Å²) in [7, 11) is 0. The largest absolute Gasteiger partial charge is 0.294 e. The predicted molar refractivity (Wildman–Crippen MR) is 73.8 cm³/mol. The molecule has 0 amide bonds. The van der Waals surface area contributed by atoms with Crippen molar-refractivity contribution < 1.29 is 4.79 Å². The first-order valence-corrected chi connectivity index (χ1v) is 6.78. The van der Waals surface area contributed by atoms with Crippen molar-refractivity contribution in [1.82, 2.24) is 0 Å². The predicted octanol–water partition coefficient (Wildman–Crippen LogP) is 5.05. The standard InChI is InChI=1S/C15H21ClO/c1-4-7-12(8-5-2)15(17)13-9-6-10-14(16)11(13)3/h6,9-10,12H,4-5,7-8H2,1-3H3. The molecule has 0 atom stereocenters. The van der Waals surface area contributed by atoms with E-state index in [1.54, 1.807) is 0 Å². The van der Waals surface area contributed by atoms with Gasteiger partial charge in [-0.15, -0.1) is 0 Å². The number of hydrogen-bond acceptors (Lipinski definition) is 1. The molecule has 0 saturated carbocycles. The van der Waals surface area contributed by atoms with Crippen molar-refractivity contribution in [2.24, 2.45) is 5.92 Å². The molecule has 0 fully saturated rings.